The fraction of sp³-hybridized carbons (Fsp3) is 0.243. The molecule has 12 nitrogen and oxygen atoms in total. The molecule has 2 heterocycles. The Bertz CT molecular complexity index is 2020. The second-order valence-electron chi connectivity index (χ2n) is 12.2. The second kappa shape index (κ2) is 15.7. The number of fused-ring (bicyclic) bond motifs is 1. The molecule has 0 saturated carbocycles. The number of carbonyl (C=O) groups is 3. The van der Waals surface area contributed by atoms with Crippen LogP contribution in [0.2, 0.25) is 0 Å². The van der Waals surface area contributed by atoms with E-state index in [9.17, 15) is 27.4 Å². The highest BCUT2D eigenvalue weighted by Gasteiger charge is 2.42. The number of rotatable bonds is 12. The molecule has 52 heavy (non-hydrogen) atoms. The van der Waals surface area contributed by atoms with Gasteiger partial charge in [0.25, 0.3) is 21.9 Å². The van der Waals surface area contributed by atoms with E-state index in [2.05, 4.69) is 5.32 Å². The summed E-state index contributed by atoms with van der Waals surface area (Å²) in [5.41, 5.74) is 2.17. The number of alkyl halides is 1. The summed E-state index contributed by atoms with van der Waals surface area (Å²) in [5, 5.41) is 2.72. The van der Waals surface area contributed by atoms with Gasteiger partial charge in [-0.2, -0.15) is 8.42 Å². The molecule has 2 aliphatic heterocycles. The molecule has 5 rings (SSSR count). The third-order valence-electron chi connectivity index (χ3n) is 8.70. The summed E-state index contributed by atoms with van der Waals surface area (Å²) < 4.78 is 44.3. The van der Waals surface area contributed by atoms with Gasteiger partial charge < -0.3 is 19.7 Å². The van der Waals surface area contributed by atoms with Gasteiger partial charge in [0.1, 0.15) is 23.0 Å². The van der Waals surface area contributed by atoms with Crippen LogP contribution < -0.4 is 29.5 Å². The lowest BCUT2D eigenvalue weighted by molar-refractivity contribution is -0.121. The Labute approximate surface area is 312 Å². The van der Waals surface area contributed by atoms with Gasteiger partial charge in [-0.15, -0.1) is 11.6 Å². The first-order chi connectivity index (χ1) is 24.7. The summed E-state index contributed by atoms with van der Waals surface area (Å²) in [7, 11) is -1.40. The molecule has 0 aromatic heterocycles. The molecule has 3 amide bonds. The average molecular weight is 765 g/mol. The highest BCUT2D eigenvalue weighted by molar-refractivity contribution is 7.85. The number of thiocarbonyl (C=S) groups is 1. The van der Waals surface area contributed by atoms with E-state index in [4.69, 9.17) is 33.3 Å². The minimum Gasteiger partial charge on any atom is -0.497 e. The van der Waals surface area contributed by atoms with E-state index < -0.39 is 27.3 Å². The number of amides is 3. The van der Waals surface area contributed by atoms with Crippen LogP contribution in [0.25, 0.3) is 0 Å². The minimum atomic E-state index is -4.46. The number of carbonyl (C=O) groups excluding carboxylic acids is 3. The van der Waals surface area contributed by atoms with Crippen LogP contribution in [0, 0.1) is 0 Å². The Hall–Kier alpha value is -5.02. The molecule has 2 aliphatic rings. The van der Waals surface area contributed by atoms with Crippen molar-refractivity contribution in [2.45, 2.75) is 30.6 Å². The molecule has 3 aromatic rings. The normalized spacial score (nSPS) is 16.5. The van der Waals surface area contributed by atoms with Gasteiger partial charge in [-0.1, -0.05) is 26.0 Å². The van der Waals surface area contributed by atoms with Gasteiger partial charge in [-0.05, 0) is 103 Å². The maximum absolute atomic E-state index is 14.0. The molecule has 3 aromatic carbocycles. The molecule has 1 fully saturated rings. The van der Waals surface area contributed by atoms with Crippen LogP contribution in [0.5, 0.6) is 11.5 Å². The first kappa shape index (κ1) is 38.2. The van der Waals surface area contributed by atoms with Gasteiger partial charge in [0.15, 0.2) is 5.11 Å². The van der Waals surface area contributed by atoms with E-state index in [1.54, 1.807) is 66.7 Å². The lowest BCUT2D eigenvalue weighted by Gasteiger charge is -2.36. The van der Waals surface area contributed by atoms with Gasteiger partial charge in [0.2, 0.25) is 5.91 Å². The summed E-state index contributed by atoms with van der Waals surface area (Å²) in [6.45, 7) is 4.65. The van der Waals surface area contributed by atoms with Crippen LogP contribution in [0.3, 0.4) is 0 Å². The Balaban J connectivity index is 1.52. The number of halogens is 1. The van der Waals surface area contributed by atoms with Crippen molar-refractivity contribution in [2.24, 2.45) is 0 Å². The van der Waals surface area contributed by atoms with Crippen molar-refractivity contribution < 1.29 is 36.8 Å². The maximum atomic E-state index is 14.0. The highest BCUT2D eigenvalue weighted by atomic mass is 35.5. The van der Waals surface area contributed by atoms with E-state index in [-0.39, 0.29) is 27.4 Å². The minimum absolute atomic E-state index is 0.0267. The van der Waals surface area contributed by atoms with Crippen LogP contribution in [0.4, 0.5) is 17.1 Å². The zero-order valence-corrected chi connectivity index (χ0v) is 31.2. The lowest BCUT2D eigenvalue weighted by Crippen LogP contribution is -2.57. The SMILES string of the molecule is COc1ccc(N2C(=O)C(=C/C=C/C=C3/N(CCCNC(=O)CCl)c4ccc(S(=O)(=O)O)cc4C3(C)C)C(=O)N(c3ccc(OC)cc3)C2=S)cc1. The Morgan fingerprint density at radius 1 is 0.904 bits per heavy atom. The molecule has 0 unspecified atom stereocenters. The number of ether oxygens (including phenoxy) is 2. The fourth-order valence-corrected chi connectivity index (χ4v) is 7.01. The molecule has 1 saturated heterocycles. The van der Waals surface area contributed by atoms with Crippen molar-refractivity contribution in [3.05, 3.63) is 108 Å². The summed E-state index contributed by atoms with van der Waals surface area (Å²) >= 11 is 11.3. The predicted molar refractivity (Wildman–Crippen MR) is 204 cm³/mol. The van der Waals surface area contributed by atoms with Crippen molar-refractivity contribution in [1.82, 2.24) is 5.32 Å². The summed E-state index contributed by atoms with van der Waals surface area (Å²) in [5.74, 6) is -0.528. The van der Waals surface area contributed by atoms with Crippen LogP contribution in [-0.4, -0.2) is 69.0 Å². The van der Waals surface area contributed by atoms with Crippen molar-refractivity contribution in [3.63, 3.8) is 0 Å². The molecule has 0 atom stereocenters. The first-order valence-electron chi connectivity index (χ1n) is 16.0. The van der Waals surface area contributed by atoms with Crippen molar-refractivity contribution in [2.75, 3.05) is 47.9 Å². The van der Waals surface area contributed by atoms with Crippen LogP contribution in [0.15, 0.2) is 107 Å². The van der Waals surface area contributed by atoms with Crippen molar-refractivity contribution >= 4 is 73.8 Å². The standard InChI is InChI=1S/C37H37ClN4O8S2/c1-37(2)30-22-28(52(46,47)48)18-19-31(30)40(21-7-20-39-33(43)23-38)32(37)9-6-5-8-29-34(44)41(24-10-14-26(49-3)15-11-24)36(51)42(35(29)45)25-12-16-27(50-4)17-13-25/h5-6,8-19,22H,7,20-21,23H2,1-4H3,(H,39,43)(H,46,47,48)/b6-5+,32-9+. The third-order valence-corrected chi connectivity index (χ3v) is 10.2. The summed E-state index contributed by atoms with van der Waals surface area (Å²) in [6, 6.07) is 17.9. The predicted octanol–water partition coefficient (Wildman–Crippen LogP) is 5.52. The van der Waals surface area contributed by atoms with Gasteiger partial charge in [-0.3, -0.25) is 28.7 Å². The number of hydrogen-bond donors (Lipinski definition) is 2. The number of hydrogen-bond acceptors (Lipinski definition) is 9. The zero-order chi connectivity index (χ0) is 37.8. The first-order valence-corrected chi connectivity index (χ1v) is 18.4. The average Bonchev–Trinajstić information content (AvgIpc) is 3.34. The zero-order valence-electron chi connectivity index (χ0n) is 28.8. The van der Waals surface area contributed by atoms with E-state index >= 15 is 0 Å². The number of nitrogens with one attached hydrogen (secondary N) is 1. The van der Waals surface area contributed by atoms with E-state index in [0.717, 1.165) is 11.4 Å². The topological polar surface area (TPSA) is 146 Å². The Morgan fingerprint density at radius 3 is 1.94 bits per heavy atom. The van der Waals surface area contributed by atoms with E-state index in [1.165, 1.54) is 42.2 Å². The van der Waals surface area contributed by atoms with Gasteiger partial charge >= 0.3 is 0 Å². The lowest BCUT2D eigenvalue weighted by atomic mass is 9.83. The van der Waals surface area contributed by atoms with Crippen LogP contribution in [-0.2, 0) is 29.9 Å². The van der Waals surface area contributed by atoms with Crippen LogP contribution >= 0.6 is 23.8 Å². The number of methoxy groups -OCH3 is 2. The summed E-state index contributed by atoms with van der Waals surface area (Å²) in [4.78, 5) is 44.0. The molecule has 2 N–H and O–H groups in total. The molecule has 0 radical (unpaired) electrons. The molecule has 15 heteroatoms. The molecular weight excluding hydrogens is 728 g/mol. The monoisotopic (exact) mass is 764 g/mol. The smallest absolute Gasteiger partial charge is 0.294 e. The maximum Gasteiger partial charge on any atom is 0.294 e. The number of anilines is 3. The second-order valence-corrected chi connectivity index (χ2v) is 14.3. The molecule has 272 valence electrons. The number of allylic oxidation sites excluding steroid dienone is 5. The molecular formula is C37H37ClN4O8S2. The van der Waals surface area contributed by atoms with Crippen LogP contribution in [0.1, 0.15) is 25.8 Å². The Morgan fingerprint density at radius 2 is 1.44 bits per heavy atom. The van der Waals surface area contributed by atoms with E-state index in [0.29, 0.717) is 47.9 Å². The Kier molecular flexibility index (Phi) is 11.5. The van der Waals surface area contributed by atoms with Gasteiger partial charge in [0, 0.05) is 29.9 Å². The van der Waals surface area contributed by atoms with Gasteiger partial charge in [0.05, 0.1) is 30.5 Å². The van der Waals surface area contributed by atoms with Crippen molar-refractivity contribution in [1.29, 1.82) is 0 Å². The van der Waals surface area contributed by atoms with Crippen molar-refractivity contribution in [3.8, 4) is 11.5 Å². The quantitative estimate of drug-likeness (QED) is 0.0604. The fourth-order valence-electron chi connectivity index (χ4n) is 6.03. The summed E-state index contributed by atoms with van der Waals surface area (Å²) in [6.07, 6.45) is 7.03. The number of nitrogens with zero attached hydrogens (tertiary/aromatic N) is 3. The molecule has 0 aliphatic carbocycles. The largest absolute Gasteiger partial charge is 0.497 e. The van der Waals surface area contributed by atoms with Gasteiger partial charge in [-0.25, -0.2) is 0 Å². The number of benzene rings is 3. The molecule has 0 bridgehead atoms. The third kappa shape index (κ3) is 7.75. The molecule has 0 spiro atoms. The highest BCUT2D eigenvalue weighted by Crippen LogP contribution is 2.48. The van der Waals surface area contributed by atoms with E-state index in [1.807, 2.05) is 24.8 Å².